The third-order valence-corrected chi connectivity index (χ3v) is 8.63. The van der Waals surface area contributed by atoms with Gasteiger partial charge in [-0.05, 0) is 90.6 Å². The number of fused-ring (bicyclic) bond motifs is 2. The van der Waals surface area contributed by atoms with Gasteiger partial charge < -0.3 is 4.98 Å². The molecule has 10 nitrogen and oxygen atoms in total. The Hall–Kier alpha value is -4.52. The molecule has 0 atom stereocenters. The standard InChI is InChI=1S/C32H31FN8O2S/c1-44(42,43)36-17-20-11-23(14-25(33)13-20)26-7-8-35-31-29(26)37-32(38-31)30-27-15-22(5-6-28(27)39-40-30)24-12-21(16-34-18-24)19-41-9-3-2-4-10-41/h5-8,11-16,18,36H,2-4,9-10,17,19H2,1H3,(H,39,40)(H,35,37,38). The smallest absolute Gasteiger partial charge is 0.209 e. The van der Waals surface area contributed by atoms with E-state index in [9.17, 15) is 12.8 Å². The minimum absolute atomic E-state index is 0.0259. The van der Waals surface area contributed by atoms with Crippen LogP contribution in [0.25, 0.3) is 55.8 Å². The van der Waals surface area contributed by atoms with Crippen LogP contribution in [0.15, 0.2) is 67.1 Å². The largest absolute Gasteiger partial charge is 0.321 e. The van der Waals surface area contributed by atoms with Crippen LogP contribution in [0.2, 0.25) is 0 Å². The Labute approximate surface area is 253 Å². The van der Waals surface area contributed by atoms with Gasteiger partial charge in [-0.2, -0.15) is 5.10 Å². The molecule has 1 aliphatic heterocycles. The van der Waals surface area contributed by atoms with Crippen molar-refractivity contribution >= 4 is 32.1 Å². The maximum atomic E-state index is 14.6. The topological polar surface area (TPSA) is 133 Å². The molecule has 1 fully saturated rings. The highest BCUT2D eigenvalue weighted by Crippen LogP contribution is 2.33. The zero-order valence-electron chi connectivity index (χ0n) is 24.1. The van der Waals surface area contributed by atoms with Crippen LogP contribution >= 0.6 is 0 Å². The number of aromatic nitrogens is 6. The van der Waals surface area contributed by atoms with E-state index in [0.29, 0.717) is 39.4 Å². The fraction of sp³-hybridized carbons (Fsp3) is 0.250. The average Bonchev–Trinajstić information content (AvgIpc) is 3.64. The maximum absolute atomic E-state index is 14.6. The van der Waals surface area contributed by atoms with Crippen LogP contribution in [0, 0.1) is 5.82 Å². The number of pyridine rings is 2. The number of hydrogen-bond donors (Lipinski definition) is 3. The lowest BCUT2D eigenvalue weighted by atomic mass is 10.0. The van der Waals surface area contributed by atoms with Gasteiger partial charge in [0.1, 0.15) is 17.0 Å². The van der Waals surface area contributed by atoms with Gasteiger partial charge >= 0.3 is 0 Å². The zero-order chi connectivity index (χ0) is 30.3. The highest BCUT2D eigenvalue weighted by Gasteiger charge is 2.18. The number of rotatable bonds is 8. The van der Waals surface area contributed by atoms with Crippen LogP contribution in [0.5, 0.6) is 0 Å². The quantitative estimate of drug-likeness (QED) is 0.210. The van der Waals surface area contributed by atoms with Gasteiger partial charge in [0.2, 0.25) is 10.0 Å². The summed E-state index contributed by atoms with van der Waals surface area (Å²) in [6, 6.07) is 14.6. The molecular formula is C32H31FN8O2S. The number of aromatic amines is 2. The number of nitrogens with zero attached hydrogens (tertiary/aromatic N) is 5. The average molecular weight is 611 g/mol. The summed E-state index contributed by atoms with van der Waals surface area (Å²) in [4.78, 5) is 19.6. The molecule has 3 N–H and O–H groups in total. The first-order valence-corrected chi connectivity index (χ1v) is 16.4. The molecule has 6 aromatic rings. The number of halogens is 1. The minimum Gasteiger partial charge on any atom is -0.321 e. The predicted octanol–water partition coefficient (Wildman–Crippen LogP) is 5.40. The Kier molecular flexibility index (Phi) is 7.40. The van der Waals surface area contributed by atoms with Crippen LogP contribution in [-0.2, 0) is 23.1 Å². The molecule has 44 heavy (non-hydrogen) atoms. The second kappa shape index (κ2) is 11.5. The van der Waals surface area contributed by atoms with Crippen LogP contribution in [0.1, 0.15) is 30.4 Å². The third-order valence-electron chi connectivity index (χ3n) is 7.96. The Bertz CT molecular complexity index is 2100. The molecular weight excluding hydrogens is 579 g/mol. The summed E-state index contributed by atoms with van der Waals surface area (Å²) < 4.78 is 40.2. The SMILES string of the molecule is CS(=O)(=O)NCc1cc(F)cc(-c2ccnc3[nH]c(-c4n[nH]c5ccc(-c6cncc(CN7CCCCC7)c6)cc45)nc23)c1. The van der Waals surface area contributed by atoms with Crippen molar-refractivity contribution in [2.45, 2.75) is 32.4 Å². The van der Waals surface area contributed by atoms with E-state index in [4.69, 9.17) is 4.98 Å². The van der Waals surface area contributed by atoms with Crippen molar-refractivity contribution in [2.75, 3.05) is 19.3 Å². The van der Waals surface area contributed by atoms with Crippen LogP contribution in [0.4, 0.5) is 4.39 Å². The van der Waals surface area contributed by atoms with Crippen molar-refractivity contribution in [2.24, 2.45) is 0 Å². The number of sulfonamides is 1. The molecule has 0 amide bonds. The van der Waals surface area contributed by atoms with Crippen LogP contribution < -0.4 is 4.72 Å². The molecule has 0 saturated carbocycles. The summed E-state index contributed by atoms with van der Waals surface area (Å²) in [6.07, 6.45) is 10.3. The molecule has 0 aliphatic carbocycles. The van der Waals surface area contributed by atoms with Gasteiger partial charge in [-0.15, -0.1) is 0 Å². The van der Waals surface area contributed by atoms with Crippen molar-refractivity contribution in [1.29, 1.82) is 0 Å². The van der Waals surface area contributed by atoms with Gasteiger partial charge in [-0.25, -0.2) is 27.5 Å². The molecule has 1 saturated heterocycles. The van der Waals surface area contributed by atoms with E-state index in [1.165, 1.54) is 37.0 Å². The number of piperidine rings is 1. The summed E-state index contributed by atoms with van der Waals surface area (Å²) >= 11 is 0. The second-order valence-electron chi connectivity index (χ2n) is 11.3. The van der Waals surface area contributed by atoms with Gasteiger partial charge in [0, 0.05) is 48.2 Å². The summed E-state index contributed by atoms with van der Waals surface area (Å²) in [5.41, 5.74) is 7.56. The fourth-order valence-electron chi connectivity index (χ4n) is 5.86. The van der Waals surface area contributed by atoms with Gasteiger partial charge in [-0.1, -0.05) is 12.5 Å². The van der Waals surface area contributed by atoms with Crippen molar-refractivity contribution in [3.8, 4) is 33.8 Å². The fourth-order valence-corrected chi connectivity index (χ4v) is 6.29. The number of likely N-dealkylation sites (tertiary alicyclic amines) is 1. The molecule has 224 valence electrons. The van der Waals surface area contributed by atoms with Gasteiger partial charge in [0.05, 0.1) is 11.8 Å². The first-order valence-electron chi connectivity index (χ1n) is 14.5. The van der Waals surface area contributed by atoms with E-state index in [1.807, 2.05) is 18.5 Å². The van der Waals surface area contributed by atoms with Gasteiger partial charge in [-0.3, -0.25) is 15.0 Å². The molecule has 0 radical (unpaired) electrons. The molecule has 0 spiro atoms. The molecule has 12 heteroatoms. The molecule has 2 aromatic carbocycles. The number of H-pyrrole nitrogens is 2. The van der Waals surface area contributed by atoms with E-state index in [0.717, 1.165) is 47.9 Å². The van der Waals surface area contributed by atoms with Crippen molar-refractivity contribution in [3.05, 3.63) is 84.1 Å². The monoisotopic (exact) mass is 610 g/mol. The zero-order valence-corrected chi connectivity index (χ0v) is 25.0. The molecule has 0 bridgehead atoms. The Morgan fingerprint density at radius 3 is 2.64 bits per heavy atom. The van der Waals surface area contributed by atoms with Gasteiger partial charge in [0.15, 0.2) is 11.5 Å². The highest BCUT2D eigenvalue weighted by molar-refractivity contribution is 7.88. The Morgan fingerprint density at radius 2 is 1.80 bits per heavy atom. The summed E-state index contributed by atoms with van der Waals surface area (Å²) in [7, 11) is -3.43. The van der Waals surface area contributed by atoms with Gasteiger partial charge in [0.25, 0.3) is 0 Å². The van der Waals surface area contributed by atoms with E-state index in [-0.39, 0.29) is 6.54 Å². The predicted molar refractivity (Wildman–Crippen MR) is 168 cm³/mol. The molecule has 5 heterocycles. The van der Waals surface area contributed by atoms with Crippen molar-refractivity contribution < 1.29 is 12.8 Å². The molecule has 7 rings (SSSR count). The highest BCUT2D eigenvalue weighted by atomic mass is 32.2. The Balaban J connectivity index is 1.23. The lowest BCUT2D eigenvalue weighted by molar-refractivity contribution is 0.220. The number of benzene rings is 2. The molecule has 4 aromatic heterocycles. The maximum Gasteiger partial charge on any atom is 0.209 e. The number of imidazole rings is 1. The lowest BCUT2D eigenvalue weighted by Crippen LogP contribution is -2.29. The van der Waals surface area contributed by atoms with E-state index >= 15 is 0 Å². The number of nitrogens with one attached hydrogen (secondary N) is 3. The van der Waals surface area contributed by atoms with Crippen LogP contribution in [0.3, 0.4) is 0 Å². The van der Waals surface area contributed by atoms with Crippen LogP contribution in [-0.4, -0.2) is 62.8 Å². The molecule has 0 unspecified atom stereocenters. The van der Waals surface area contributed by atoms with E-state index in [2.05, 4.69) is 53.0 Å². The molecule has 1 aliphatic rings. The first kappa shape index (κ1) is 28.3. The second-order valence-corrected chi connectivity index (χ2v) is 13.2. The van der Waals surface area contributed by atoms with E-state index < -0.39 is 15.8 Å². The summed E-state index contributed by atoms with van der Waals surface area (Å²) in [6.45, 7) is 3.13. The third kappa shape index (κ3) is 5.96. The lowest BCUT2D eigenvalue weighted by Gasteiger charge is -2.26. The van der Waals surface area contributed by atoms with E-state index in [1.54, 1.807) is 18.3 Å². The number of hydrogen-bond acceptors (Lipinski definition) is 7. The first-order chi connectivity index (χ1) is 21.3. The summed E-state index contributed by atoms with van der Waals surface area (Å²) in [5, 5.41) is 8.57. The Morgan fingerprint density at radius 1 is 0.955 bits per heavy atom. The normalized spacial score (nSPS) is 14.5. The van der Waals surface area contributed by atoms with Crippen molar-refractivity contribution in [3.63, 3.8) is 0 Å². The minimum atomic E-state index is -3.43. The van der Waals surface area contributed by atoms with Crippen molar-refractivity contribution in [1.82, 2.24) is 39.8 Å². The summed E-state index contributed by atoms with van der Waals surface area (Å²) in [5.74, 6) is 0.0459.